The molecule has 2 aromatic carbocycles. The Kier molecular flexibility index (Phi) is 4.97. The molecule has 0 spiro atoms. The van der Waals surface area contributed by atoms with Crippen LogP contribution < -0.4 is 10.1 Å². The molecular weight excluding hydrogens is 370 g/mol. The molecule has 1 N–H and O–H groups in total. The SMILES string of the molecule is COc1ccc(S(C)(=O)=O)cc1NC(=S)Cc1cccc2cnn(C)c12. The Morgan fingerprint density at radius 1 is 1.31 bits per heavy atom. The van der Waals surface area contributed by atoms with E-state index in [1.807, 2.05) is 36.1 Å². The number of methoxy groups -OCH3 is 1. The van der Waals surface area contributed by atoms with Gasteiger partial charge in [-0.05, 0) is 23.8 Å². The van der Waals surface area contributed by atoms with Crippen LogP contribution in [0, 0.1) is 0 Å². The fourth-order valence-electron chi connectivity index (χ4n) is 2.84. The van der Waals surface area contributed by atoms with E-state index in [9.17, 15) is 8.42 Å². The molecule has 3 rings (SSSR count). The molecule has 0 fully saturated rings. The van der Waals surface area contributed by atoms with Gasteiger partial charge in [0, 0.05) is 25.1 Å². The second-order valence-corrected chi connectivity index (χ2v) is 8.49. The zero-order valence-electron chi connectivity index (χ0n) is 14.7. The Labute approximate surface area is 157 Å². The minimum Gasteiger partial charge on any atom is -0.495 e. The molecule has 0 aliphatic rings. The summed E-state index contributed by atoms with van der Waals surface area (Å²) in [5.41, 5.74) is 2.59. The Morgan fingerprint density at radius 2 is 2.08 bits per heavy atom. The Balaban J connectivity index is 1.89. The molecule has 6 nitrogen and oxygen atoms in total. The highest BCUT2D eigenvalue weighted by molar-refractivity contribution is 7.90. The number of nitrogens with zero attached hydrogens (tertiary/aromatic N) is 2. The first-order valence-electron chi connectivity index (χ1n) is 7.87. The van der Waals surface area contributed by atoms with Crippen molar-refractivity contribution in [3.05, 3.63) is 48.2 Å². The highest BCUT2D eigenvalue weighted by Gasteiger charge is 2.14. The molecule has 26 heavy (non-hydrogen) atoms. The molecule has 1 heterocycles. The summed E-state index contributed by atoms with van der Waals surface area (Å²) in [5, 5.41) is 8.44. The maximum atomic E-state index is 11.8. The van der Waals surface area contributed by atoms with Crippen molar-refractivity contribution in [3.8, 4) is 5.75 Å². The minimum absolute atomic E-state index is 0.206. The number of fused-ring (bicyclic) bond motifs is 1. The summed E-state index contributed by atoms with van der Waals surface area (Å²) in [5.74, 6) is 0.526. The van der Waals surface area contributed by atoms with Crippen LogP contribution in [0.5, 0.6) is 5.75 Å². The summed E-state index contributed by atoms with van der Waals surface area (Å²) >= 11 is 5.50. The van der Waals surface area contributed by atoms with Gasteiger partial charge in [0.25, 0.3) is 0 Å². The van der Waals surface area contributed by atoms with Gasteiger partial charge in [0.05, 0.1) is 34.4 Å². The maximum absolute atomic E-state index is 11.8. The predicted octanol–water partition coefficient (Wildman–Crippen LogP) is 2.97. The van der Waals surface area contributed by atoms with Crippen LogP contribution in [0.15, 0.2) is 47.5 Å². The van der Waals surface area contributed by atoms with Crippen molar-refractivity contribution in [2.45, 2.75) is 11.3 Å². The van der Waals surface area contributed by atoms with Gasteiger partial charge in [0.1, 0.15) is 5.75 Å². The molecule has 0 bridgehead atoms. The smallest absolute Gasteiger partial charge is 0.175 e. The number of thiocarbonyl (C=S) groups is 1. The van der Waals surface area contributed by atoms with Crippen LogP contribution in [-0.2, 0) is 23.3 Å². The Hall–Kier alpha value is -2.45. The van der Waals surface area contributed by atoms with Gasteiger partial charge < -0.3 is 10.1 Å². The van der Waals surface area contributed by atoms with E-state index >= 15 is 0 Å². The van der Waals surface area contributed by atoms with Crippen molar-refractivity contribution in [2.75, 3.05) is 18.7 Å². The largest absolute Gasteiger partial charge is 0.495 e. The number of para-hydroxylation sites is 1. The third kappa shape index (κ3) is 3.71. The molecule has 0 saturated carbocycles. The number of aromatic nitrogens is 2. The van der Waals surface area contributed by atoms with Crippen molar-refractivity contribution >= 4 is 43.6 Å². The number of rotatable bonds is 5. The standard InChI is InChI=1S/C18H19N3O3S2/c1-21-18-12(5-4-6-13(18)11-19-21)9-17(25)20-15-10-14(26(3,22)23)7-8-16(15)24-2/h4-8,10-11H,9H2,1-3H3,(H,20,25). The predicted molar refractivity (Wildman–Crippen MR) is 107 cm³/mol. The van der Waals surface area contributed by atoms with Crippen LogP contribution in [0.4, 0.5) is 5.69 Å². The topological polar surface area (TPSA) is 73.2 Å². The Bertz CT molecular complexity index is 1090. The molecule has 8 heteroatoms. The maximum Gasteiger partial charge on any atom is 0.175 e. The highest BCUT2D eigenvalue weighted by Crippen LogP contribution is 2.28. The lowest BCUT2D eigenvalue weighted by molar-refractivity contribution is 0.416. The van der Waals surface area contributed by atoms with Crippen LogP contribution in [0.25, 0.3) is 10.9 Å². The van der Waals surface area contributed by atoms with Crippen molar-refractivity contribution in [3.63, 3.8) is 0 Å². The Morgan fingerprint density at radius 3 is 2.77 bits per heavy atom. The van der Waals surface area contributed by atoms with Crippen molar-refractivity contribution in [1.29, 1.82) is 0 Å². The van der Waals surface area contributed by atoms with Crippen LogP contribution in [0.3, 0.4) is 0 Å². The second-order valence-electron chi connectivity index (χ2n) is 5.98. The molecule has 0 saturated heterocycles. The van der Waals surface area contributed by atoms with Gasteiger partial charge in [-0.15, -0.1) is 0 Å². The van der Waals surface area contributed by atoms with E-state index in [2.05, 4.69) is 10.4 Å². The number of ether oxygens (including phenoxy) is 1. The number of aryl methyl sites for hydroxylation is 1. The van der Waals surface area contributed by atoms with E-state index in [-0.39, 0.29) is 4.90 Å². The number of hydrogen-bond donors (Lipinski definition) is 1. The van der Waals surface area contributed by atoms with Gasteiger partial charge >= 0.3 is 0 Å². The molecule has 0 aliphatic heterocycles. The minimum atomic E-state index is -3.32. The third-order valence-electron chi connectivity index (χ3n) is 4.07. The van der Waals surface area contributed by atoms with E-state index in [1.165, 1.54) is 25.5 Å². The first-order chi connectivity index (χ1) is 12.3. The fraction of sp³-hybridized carbons (Fsp3) is 0.222. The summed E-state index contributed by atoms with van der Waals surface area (Å²) in [6.07, 6.45) is 3.48. The first kappa shape index (κ1) is 18.3. The summed E-state index contributed by atoms with van der Waals surface area (Å²) in [7, 11) is 0.0953. The number of nitrogens with one attached hydrogen (secondary N) is 1. The van der Waals surface area contributed by atoms with Gasteiger partial charge in [0.15, 0.2) is 9.84 Å². The number of sulfone groups is 1. The average molecular weight is 390 g/mol. The van der Waals surface area contributed by atoms with Crippen molar-refractivity contribution in [1.82, 2.24) is 9.78 Å². The van der Waals surface area contributed by atoms with E-state index in [1.54, 1.807) is 6.07 Å². The lowest BCUT2D eigenvalue weighted by Crippen LogP contribution is -2.14. The van der Waals surface area contributed by atoms with Crippen LogP contribution >= 0.6 is 12.2 Å². The molecule has 3 aromatic rings. The zero-order valence-corrected chi connectivity index (χ0v) is 16.3. The van der Waals surface area contributed by atoms with E-state index < -0.39 is 9.84 Å². The van der Waals surface area contributed by atoms with Crippen LogP contribution in [0.1, 0.15) is 5.56 Å². The number of hydrogen-bond acceptors (Lipinski definition) is 5. The van der Waals surface area contributed by atoms with Crippen molar-refractivity contribution < 1.29 is 13.2 Å². The monoisotopic (exact) mass is 389 g/mol. The first-order valence-corrected chi connectivity index (χ1v) is 10.2. The second kappa shape index (κ2) is 7.05. The van der Waals surface area contributed by atoms with Crippen molar-refractivity contribution in [2.24, 2.45) is 7.05 Å². The lowest BCUT2D eigenvalue weighted by atomic mass is 10.1. The van der Waals surface area contributed by atoms with Gasteiger partial charge in [-0.1, -0.05) is 30.4 Å². The molecular formula is C18H19N3O3S2. The summed E-state index contributed by atoms with van der Waals surface area (Å²) in [4.78, 5) is 0.764. The molecule has 0 radical (unpaired) electrons. The summed E-state index contributed by atoms with van der Waals surface area (Å²) in [6.45, 7) is 0. The number of benzene rings is 2. The fourth-order valence-corrected chi connectivity index (χ4v) is 3.75. The van der Waals surface area contributed by atoms with E-state index in [0.717, 1.165) is 16.5 Å². The summed E-state index contributed by atoms with van der Waals surface area (Å²) < 4.78 is 30.7. The molecule has 136 valence electrons. The van der Waals surface area contributed by atoms with E-state index in [0.29, 0.717) is 22.8 Å². The molecule has 0 unspecified atom stereocenters. The van der Waals surface area contributed by atoms with Gasteiger partial charge in [-0.3, -0.25) is 4.68 Å². The van der Waals surface area contributed by atoms with Gasteiger partial charge in [-0.2, -0.15) is 5.10 Å². The molecule has 0 atom stereocenters. The zero-order chi connectivity index (χ0) is 18.9. The normalized spacial score (nSPS) is 11.5. The van der Waals surface area contributed by atoms with Gasteiger partial charge in [0.2, 0.25) is 0 Å². The summed E-state index contributed by atoms with van der Waals surface area (Å²) in [6, 6.07) is 10.6. The number of anilines is 1. The molecule has 0 aliphatic carbocycles. The van der Waals surface area contributed by atoms with Crippen LogP contribution in [0.2, 0.25) is 0 Å². The quantitative estimate of drug-likeness (QED) is 0.677. The lowest BCUT2D eigenvalue weighted by Gasteiger charge is -2.14. The van der Waals surface area contributed by atoms with Crippen LogP contribution in [-0.4, -0.2) is 36.6 Å². The third-order valence-corrected chi connectivity index (χ3v) is 5.43. The van der Waals surface area contributed by atoms with Gasteiger partial charge in [-0.25, -0.2) is 8.42 Å². The van der Waals surface area contributed by atoms with E-state index in [4.69, 9.17) is 17.0 Å². The highest BCUT2D eigenvalue weighted by atomic mass is 32.2. The molecule has 0 amide bonds. The molecule has 1 aromatic heterocycles. The average Bonchev–Trinajstić information content (AvgIpc) is 2.96.